The fraction of sp³-hybridized carbons (Fsp3) is 0.233. The van der Waals surface area contributed by atoms with Crippen molar-refractivity contribution >= 4 is 28.9 Å². The van der Waals surface area contributed by atoms with Crippen molar-refractivity contribution in [2.75, 3.05) is 0 Å². The van der Waals surface area contributed by atoms with Crippen molar-refractivity contribution in [3.05, 3.63) is 106 Å². The molecule has 0 unspecified atom stereocenters. The third-order valence-corrected chi connectivity index (χ3v) is 8.32. The van der Waals surface area contributed by atoms with Gasteiger partial charge in [0.15, 0.2) is 0 Å². The monoisotopic (exact) mass is 459 g/mol. The molecular formula is C30H25N3O2. The molecule has 0 radical (unpaired) electrons. The Morgan fingerprint density at radius 2 is 1.26 bits per heavy atom. The summed E-state index contributed by atoms with van der Waals surface area (Å²) < 4.78 is 2.23. The molecule has 1 aliphatic heterocycles. The highest BCUT2D eigenvalue weighted by atomic mass is 16.2. The van der Waals surface area contributed by atoms with Crippen molar-refractivity contribution in [2.45, 2.75) is 32.2 Å². The van der Waals surface area contributed by atoms with Crippen LogP contribution in [-0.4, -0.2) is 27.6 Å². The summed E-state index contributed by atoms with van der Waals surface area (Å²) >= 11 is 0. The first kappa shape index (κ1) is 20.4. The number of imide groups is 1. The number of para-hydroxylation sites is 1. The van der Waals surface area contributed by atoms with Gasteiger partial charge in [-0.05, 0) is 42.2 Å². The van der Waals surface area contributed by atoms with E-state index in [2.05, 4.69) is 59.9 Å². The van der Waals surface area contributed by atoms with Gasteiger partial charge in [0, 0.05) is 40.5 Å². The molecular weight excluding hydrogens is 434 g/mol. The topological polar surface area (TPSA) is 54.7 Å². The summed E-state index contributed by atoms with van der Waals surface area (Å²) in [6.07, 6.45) is 1.71. The number of aryl methyl sites for hydroxylation is 1. The molecule has 8 rings (SSSR count). The van der Waals surface area contributed by atoms with Crippen LogP contribution < -0.4 is 0 Å². The molecule has 2 bridgehead atoms. The van der Waals surface area contributed by atoms with Gasteiger partial charge in [-0.3, -0.25) is 9.59 Å². The summed E-state index contributed by atoms with van der Waals surface area (Å²) in [6, 6.07) is 24.8. The zero-order valence-electron chi connectivity index (χ0n) is 19.7. The standard InChI is InChI=1S/C30H25N3O2/c1-3-32-17(2)23(18-10-8-9-15-24(18)32)16-31-33-29(34)27-25-19-11-4-5-12-20(19)26(28(27)30(33)35)22-14-7-6-13-21(22)25/h4-16,25-28H,3H2,1-2H3/b31-16-/t25?,26?,27-,28+. The summed E-state index contributed by atoms with van der Waals surface area (Å²) in [7, 11) is 0. The fourth-order valence-corrected chi connectivity index (χ4v) is 6.92. The van der Waals surface area contributed by atoms with Gasteiger partial charge in [-0.2, -0.15) is 10.1 Å². The maximum absolute atomic E-state index is 13.8. The molecule has 35 heavy (non-hydrogen) atoms. The number of hydrogen-bond donors (Lipinski definition) is 0. The minimum absolute atomic E-state index is 0.113. The normalized spacial score (nSPS) is 24.3. The summed E-state index contributed by atoms with van der Waals surface area (Å²) in [5.41, 5.74) is 7.85. The predicted molar refractivity (Wildman–Crippen MR) is 135 cm³/mol. The van der Waals surface area contributed by atoms with Crippen molar-refractivity contribution in [3.63, 3.8) is 0 Å². The first-order valence-electron chi connectivity index (χ1n) is 12.3. The Bertz CT molecular complexity index is 1460. The number of carbonyl (C=O) groups excluding carboxylic acids is 2. The largest absolute Gasteiger partial charge is 0.344 e. The Morgan fingerprint density at radius 3 is 1.77 bits per heavy atom. The molecule has 5 nitrogen and oxygen atoms in total. The smallest absolute Gasteiger partial charge is 0.254 e. The third-order valence-electron chi connectivity index (χ3n) is 8.32. The van der Waals surface area contributed by atoms with E-state index in [1.54, 1.807) is 6.21 Å². The van der Waals surface area contributed by atoms with Crippen molar-refractivity contribution in [1.82, 2.24) is 9.58 Å². The number of aromatic nitrogens is 1. The molecule has 2 amide bonds. The second-order valence-electron chi connectivity index (χ2n) is 9.76. The van der Waals surface area contributed by atoms with Crippen LogP contribution in [-0.2, 0) is 16.1 Å². The second kappa shape index (κ2) is 7.25. The average molecular weight is 460 g/mol. The Labute approximate surface area is 203 Å². The van der Waals surface area contributed by atoms with Crippen LogP contribution in [0.1, 0.15) is 52.3 Å². The first-order chi connectivity index (χ1) is 17.1. The van der Waals surface area contributed by atoms with E-state index in [0.29, 0.717) is 0 Å². The zero-order valence-corrected chi connectivity index (χ0v) is 19.7. The summed E-state index contributed by atoms with van der Waals surface area (Å²) in [4.78, 5) is 27.6. The van der Waals surface area contributed by atoms with Gasteiger partial charge in [0.2, 0.25) is 0 Å². The van der Waals surface area contributed by atoms with E-state index in [1.165, 1.54) is 22.3 Å². The Hall–Kier alpha value is -3.99. The predicted octanol–water partition coefficient (Wildman–Crippen LogP) is 5.20. The number of amides is 2. The number of benzene rings is 3. The molecule has 1 aromatic heterocycles. The quantitative estimate of drug-likeness (QED) is 0.313. The number of hydrogen-bond acceptors (Lipinski definition) is 3. The van der Waals surface area contributed by atoms with Gasteiger partial charge < -0.3 is 4.57 Å². The molecule has 4 aromatic rings. The number of rotatable bonds is 3. The maximum atomic E-state index is 13.8. The van der Waals surface area contributed by atoms with E-state index < -0.39 is 11.8 Å². The molecule has 3 aliphatic carbocycles. The molecule has 4 aliphatic rings. The SMILES string of the molecule is CCn1c(C)c(/C=N\N2C(=O)[C@@H]3C4c5ccccc5C(c5ccccc54)[C@@H]3C2=O)c2ccccc21. The molecule has 0 N–H and O–H groups in total. The van der Waals surface area contributed by atoms with E-state index in [0.717, 1.165) is 33.7 Å². The van der Waals surface area contributed by atoms with E-state index in [1.807, 2.05) is 36.4 Å². The molecule has 0 spiro atoms. The number of carbonyl (C=O) groups is 2. The van der Waals surface area contributed by atoms with E-state index in [9.17, 15) is 9.59 Å². The van der Waals surface area contributed by atoms with Crippen LogP contribution in [0.2, 0.25) is 0 Å². The number of fused-ring (bicyclic) bond motifs is 1. The van der Waals surface area contributed by atoms with Gasteiger partial charge >= 0.3 is 0 Å². The van der Waals surface area contributed by atoms with Crippen LogP contribution in [0, 0.1) is 18.8 Å². The lowest BCUT2D eigenvalue weighted by molar-refractivity contribution is -0.139. The Morgan fingerprint density at radius 1 is 0.771 bits per heavy atom. The lowest BCUT2D eigenvalue weighted by Gasteiger charge is -2.45. The molecule has 172 valence electrons. The fourth-order valence-electron chi connectivity index (χ4n) is 6.92. The van der Waals surface area contributed by atoms with E-state index in [4.69, 9.17) is 0 Å². The lowest BCUT2D eigenvalue weighted by Crippen LogP contribution is -2.41. The van der Waals surface area contributed by atoms with Crippen LogP contribution in [0.4, 0.5) is 0 Å². The minimum Gasteiger partial charge on any atom is -0.344 e. The molecule has 2 heterocycles. The van der Waals surface area contributed by atoms with Gasteiger partial charge in [0.25, 0.3) is 11.8 Å². The van der Waals surface area contributed by atoms with E-state index in [-0.39, 0.29) is 23.7 Å². The highest BCUT2D eigenvalue weighted by Gasteiger charge is 2.61. The summed E-state index contributed by atoms with van der Waals surface area (Å²) in [5.74, 6) is -1.42. The Kier molecular flexibility index (Phi) is 4.23. The Balaban J connectivity index is 1.33. The molecule has 5 heteroatoms. The minimum atomic E-state index is -0.410. The first-order valence-corrected chi connectivity index (χ1v) is 12.3. The van der Waals surface area contributed by atoms with Crippen LogP contribution in [0.5, 0.6) is 0 Å². The maximum Gasteiger partial charge on any atom is 0.254 e. The van der Waals surface area contributed by atoms with Gasteiger partial charge in [-0.15, -0.1) is 0 Å². The van der Waals surface area contributed by atoms with Gasteiger partial charge in [-0.1, -0.05) is 66.7 Å². The zero-order chi connectivity index (χ0) is 23.8. The lowest BCUT2D eigenvalue weighted by atomic mass is 9.55. The molecule has 2 atom stereocenters. The van der Waals surface area contributed by atoms with Gasteiger partial charge in [-0.25, -0.2) is 0 Å². The highest BCUT2D eigenvalue weighted by Crippen LogP contribution is 2.60. The summed E-state index contributed by atoms with van der Waals surface area (Å²) in [6.45, 7) is 5.02. The van der Waals surface area contributed by atoms with E-state index >= 15 is 0 Å². The van der Waals surface area contributed by atoms with Crippen LogP contribution in [0.25, 0.3) is 10.9 Å². The van der Waals surface area contributed by atoms with Crippen LogP contribution in [0.3, 0.4) is 0 Å². The second-order valence-corrected chi connectivity index (χ2v) is 9.76. The van der Waals surface area contributed by atoms with Crippen LogP contribution in [0.15, 0.2) is 77.9 Å². The van der Waals surface area contributed by atoms with Crippen LogP contribution >= 0.6 is 0 Å². The third kappa shape index (κ3) is 2.55. The number of hydrazone groups is 1. The molecule has 3 aromatic carbocycles. The summed E-state index contributed by atoms with van der Waals surface area (Å²) in [5, 5.41) is 6.79. The molecule has 0 saturated carbocycles. The van der Waals surface area contributed by atoms with Gasteiger partial charge in [0.05, 0.1) is 18.1 Å². The molecule has 1 saturated heterocycles. The number of nitrogens with zero attached hydrogens (tertiary/aromatic N) is 3. The molecule has 1 fully saturated rings. The van der Waals surface area contributed by atoms with Crippen molar-refractivity contribution in [2.24, 2.45) is 16.9 Å². The van der Waals surface area contributed by atoms with Crippen molar-refractivity contribution < 1.29 is 9.59 Å². The van der Waals surface area contributed by atoms with Gasteiger partial charge in [0.1, 0.15) is 0 Å². The highest BCUT2D eigenvalue weighted by molar-refractivity contribution is 6.09. The van der Waals surface area contributed by atoms with Crippen molar-refractivity contribution in [3.8, 4) is 0 Å². The average Bonchev–Trinajstić information content (AvgIpc) is 3.32. The van der Waals surface area contributed by atoms with Crippen molar-refractivity contribution in [1.29, 1.82) is 0 Å².